The standard InChI is InChI=1S/C25H20N8O/c1-32(16-18-5-3-2-4-6-18)23-12-22(19-14-27-28-15-19)33-24(30-23)11-21(31-33)25(34)29-20-9-7-17(13-26)8-10-20/h2-12,14-15H,16H2,1H3,(H,27,28)(H,29,34). The number of nitrogens with one attached hydrogen (secondary N) is 2. The summed E-state index contributed by atoms with van der Waals surface area (Å²) >= 11 is 0. The summed E-state index contributed by atoms with van der Waals surface area (Å²) in [5.41, 5.74) is 4.60. The van der Waals surface area contributed by atoms with Crippen molar-refractivity contribution >= 4 is 23.1 Å². The highest BCUT2D eigenvalue weighted by Gasteiger charge is 2.18. The topological polar surface area (TPSA) is 115 Å². The summed E-state index contributed by atoms with van der Waals surface area (Å²) in [6, 6.07) is 22.4. The molecule has 0 atom stereocenters. The number of amides is 1. The quantitative estimate of drug-likeness (QED) is 0.407. The van der Waals surface area contributed by atoms with E-state index in [-0.39, 0.29) is 11.6 Å². The molecular weight excluding hydrogens is 428 g/mol. The van der Waals surface area contributed by atoms with Gasteiger partial charge in [-0.15, -0.1) is 0 Å². The predicted octanol–water partition coefficient (Wildman–Crippen LogP) is 3.88. The summed E-state index contributed by atoms with van der Waals surface area (Å²) in [5, 5.41) is 23.2. The van der Waals surface area contributed by atoms with Crippen LogP contribution in [0.15, 0.2) is 79.1 Å². The van der Waals surface area contributed by atoms with Crippen molar-refractivity contribution in [1.29, 1.82) is 5.26 Å². The van der Waals surface area contributed by atoms with Crippen LogP contribution in [-0.4, -0.2) is 37.8 Å². The van der Waals surface area contributed by atoms with E-state index in [0.29, 0.717) is 23.4 Å². The van der Waals surface area contributed by atoms with Gasteiger partial charge in [0.25, 0.3) is 5.91 Å². The van der Waals surface area contributed by atoms with Gasteiger partial charge in [-0.1, -0.05) is 30.3 Å². The van der Waals surface area contributed by atoms with Crippen LogP contribution < -0.4 is 10.2 Å². The van der Waals surface area contributed by atoms with E-state index >= 15 is 0 Å². The molecule has 5 aromatic rings. The van der Waals surface area contributed by atoms with Crippen molar-refractivity contribution in [2.24, 2.45) is 0 Å². The lowest BCUT2D eigenvalue weighted by atomic mass is 10.2. The molecular formula is C25H20N8O. The van der Waals surface area contributed by atoms with Crippen molar-refractivity contribution in [2.75, 3.05) is 17.3 Å². The molecule has 2 aromatic carbocycles. The van der Waals surface area contributed by atoms with E-state index < -0.39 is 0 Å². The number of nitriles is 1. The highest BCUT2D eigenvalue weighted by Crippen LogP contribution is 2.25. The number of aromatic amines is 1. The van der Waals surface area contributed by atoms with Gasteiger partial charge in [0.15, 0.2) is 11.3 Å². The average Bonchev–Trinajstić information content (AvgIpc) is 3.55. The zero-order valence-electron chi connectivity index (χ0n) is 18.3. The molecule has 0 radical (unpaired) electrons. The summed E-state index contributed by atoms with van der Waals surface area (Å²) in [7, 11) is 1.97. The maximum Gasteiger partial charge on any atom is 0.276 e. The van der Waals surface area contributed by atoms with Gasteiger partial charge in [-0.05, 0) is 29.8 Å². The van der Waals surface area contributed by atoms with E-state index in [2.05, 4.69) is 38.8 Å². The van der Waals surface area contributed by atoms with Crippen LogP contribution in [-0.2, 0) is 6.54 Å². The van der Waals surface area contributed by atoms with E-state index in [0.717, 1.165) is 22.6 Å². The van der Waals surface area contributed by atoms with Crippen LogP contribution in [0.25, 0.3) is 16.9 Å². The summed E-state index contributed by atoms with van der Waals surface area (Å²) in [5.74, 6) is 0.374. The minimum Gasteiger partial charge on any atom is -0.355 e. The maximum atomic E-state index is 12.9. The first-order chi connectivity index (χ1) is 16.6. The highest BCUT2D eigenvalue weighted by atomic mass is 16.1. The minimum atomic E-state index is -0.368. The van der Waals surface area contributed by atoms with E-state index in [4.69, 9.17) is 10.2 Å². The van der Waals surface area contributed by atoms with Gasteiger partial charge >= 0.3 is 0 Å². The molecule has 166 valence electrons. The van der Waals surface area contributed by atoms with E-state index in [1.54, 1.807) is 47.2 Å². The Kier molecular flexibility index (Phi) is 5.46. The fraction of sp³-hybridized carbons (Fsp3) is 0.0800. The molecule has 9 nitrogen and oxygen atoms in total. The first-order valence-electron chi connectivity index (χ1n) is 10.6. The lowest BCUT2D eigenvalue weighted by Gasteiger charge is -2.19. The molecule has 9 heteroatoms. The molecule has 0 aliphatic carbocycles. The molecule has 0 saturated heterocycles. The van der Waals surface area contributed by atoms with Crippen LogP contribution in [0.2, 0.25) is 0 Å². The summed E-state index contributed by atoms with van der Waals surface area (Å²) in [6.07, 6.45) is 3.47. The SMILES string of the molecule is CN(Cc1ccccc1)c1cc(-c2cn[nH]c2)n2nc(C(=O)Nc3ccc(C#N)cc3)cc2n1. The number of H-pyrrole nitrogens is 1. The number of hydrogen-bond acceptors (Lipinski definition) is 6. The number of fused-ring (bicyclic) bond motifs is 1. The maximum absolute atomic E-state index is 12.9. The summed E-state index contributed by atoms with van der Waals surface area (Å²) < 4.78 is 1.64. The van der Waals surface area contributed by atoms with Crippen LogP contribution in [0, 0.1) is 11.3 Å². The molecule has 3 aromatic heterocycles. The van der Waals surface area contributed by atoms with Gasteiger partial charge in [-0.3, -0.25) is 9.89 Å². The van der Waals surface area contributed by atoms with E-state index in [9.17, 15) is 4.79 Å². The number of nitrogens with zero attached hydrogens (tertiary/aromatic N) is 6. The molecule has 0 bridgehead atoms. The van der Waals surface area contributed by atoms with Crippen molar-refractivity contribution in [3.8, 4) is 17.3 Å². The normalized spacial score (nSPS) is 10.7. The fourth-order valence-corrected chi connectivity index (χ4v) is 3.63. The molecule has 0 fully saturated rings. The van der Waals surface area contributed by atoms with Crippen molar-refractivity contribution in [3.05, 3.63) is 95.9 Å². The summed E-state index contributed by atoms with van der Waals surface area (Å²) in [6.45, 7) is 0.676. The minimum absolute atomic E-state index is 0.226. The molecule has 0 aliphatic heterocycles. The van der Waals surface area contributed by atoms with Crippen LogP contribution in [0.1, 0.15) is 21.6 Å². The van der Waals surface area contributed by atoms with Gasteiger partial charge in [-0.25, -0.2) is 9.50 Å². The van der Waals surface area contributed by atoms with E-state index in [1.165, 1.54) is 0 Å². The number of aromatic nitrogens is 5. The van der Waals surface area contributed by atoms with Crippen molar-refractivity contribution in [3.63, 3.8) is 0 Å². The third kappa shape index (κ3) is 4.20. The molecule has 3 heterocycles. The van der Waals surface area contributed by atoms with Gasteiger partial charge in [0.2, 0.25) is 0 Å². The third-order valence-corrected chi connectivity index (χ3v) is 5.37. The Labute approximate surface area is 195 Å². The first kappa shape index (κ1) is 20.9. The van der Waals surface area contributed by atoms with Gasteiger partial charge in [0.05, 0.1) is 23.5 Å². The largest absolute Gasteiger partial charge is 0.355 e. The van der Waals surface area contributed by atoms with Gasteiger partial charge in [0, 0.05) is 43.2 Å². The fourth-order valence-electron chi connectivity index (χ4n) is 3.63. The van der Waals surface area contributed by atoms with Crippen molar-refractivity contribution in [1.82, 2.24) is 24.8 Å². The Morgan fingerprint density at radius 1 is 1.15 bits per heavy atom. The smallest absolute Gasteiger partial charge is 0.276 e. The van der Waals surface area contributed by atoms with Gasteiger partial charge < -0.3 is 10.2 Å². The van der Waals surface area contributed by atoms with Crippen molar-refractivity contribution < 1.29 is 4.79 Å². The third-order valence-electron chi connectivity index (χ3n) is 5.37. The number of carbonyl (C=O) groups excluding carboxylic acids is 1. The lowest BCUT2D eigenvalue weighted by molar-refractivity contribution is 0.102. The lowest BCUT2D eigenvalue weighted by Crippen LogP contribution is -2.18. The zero-order valence-corrected chi connectivity index (χ0v) is 18.3. The molecule has 1 amide bonds. The molecule has 34 heavy (non-hydrogen) atoms. The van der Waals surface area contributed by atoms with Gasteiger partial charge in [-0.2, -0.15) is 15.5 Å². The zero-order chi connectivity index (χ0) is 23.5. The van der Waals surface area contributed by atoms with Crippen molar-refractivity contribution in [2.45, 2.75) is 6.54 Å². The Morgan fingerprint density at radius 2 is 1.94 bits per heavy atom. The predicted molar refractivity (Wildman–Crippen MR) is 128 cm³/mol. The molecule has 0 spiro atoms. The van der Waals surface area contributed by atoms with Crippen LogP contribution in [0.4, 0.5) is 11.5 Å². The Hall–Kier alpha value is -4.97. The Morgan fingerprint density at radius 3 is 2.65 bits per heavy atom. The molecule has 5 rings (SSSR count). The number of carbonyl (C=O) groups is 1. The second kappa shape index (κ2) is 8.88. The first-order valence-corrected chi connectivity index (χ1v) is 10.6. The van der Waals surface area contributed by atoms with Crippen LogP contribution >= 0.6 is 0 Å². The van der Waals surface area contributed by atoms with Crippen LogP contribution in [0.3, 0.4) is 0 Å². The second-order valence-electron chi connectivity index (χ2n) is 7.77. The highest BCUT2D eigenvalue weighted by molar-refractivity contribution is 6.03. The Bertz CT molecular complexity index is 1480. The number of rotatable bonds is 6. The average molecular weight is 448 g/mol. The molecule has 0 saturated carbocycles. The second-order valence-corrected chi connectivity index (χ2v) is 7.77. The van der Waals surface area contributed by atoms with E-state index in [1.807, 2.05) is 36.2 Å². The Balaban J connectivity index is 1.50. The number of hydrogen-bond donors (Lipinski definition) is 2. The molecule has 0 unspecified atom stereocenters. The van der Waals surface area contributed by atoms with Gasteiger partial charge in [0.1, 0.15) is 5.82 Å². The molecule has 0 aliphatic rings. The number of benzene rings is 2. The number of anilines is 2. The summed E-state index contributed by atoms with van der Waals surface area (Å²) in [4.78, 5) is 19.7. The monoisotopic (exact) mass is 448 g/mol. The van der Waals surface area contributed by atoms with Crippen LogP contribution in [0.5, 0.6) is 0 Å². The molecule has 2 N–H and O–H groups in total.